The van der Waals surface area contributed by atoms with Gasteiger partial charge in [-0.3, -0.25) is 0 Å². The summed E-state index contributed by atoms with van der Waals surface area (Å²) in [7, 11) is 2.00. The van der Waals surface area contributed by atoms with Gasteiger partial charge in [0, 0.05) is 24.8 Å². The van der Waals surface area contributed by atoms with Gasteiger partial charge in [0.25, 0.3) is 0 Å². The number of benzene rings is 1. The first-order chi connectivity index (χ1) is 7.72. The highest BCUT2D eigenvalue weighted by molar-refractivity contribution is 5.57. The van der Waals surface area contributed by atoms with Gasteiger partial charge in [-0.25, -0.2) is 0 Å². The maximum absolute atomic E-state index is 3.21. The second-order valence-electron chi connectivity index (χ2n) is 4.88. The van der Waals surface area contributed by atoms with E-state index in [1.165, 1.54) is 36.2 Å². The van der Waals surface area contributed by atoms with E-state index in [2.05, 4.69) is 42.3 Å². The predicted octanol–water partition coefficient (Wildman–Crippen LogP) is 2.57. The average molecular weight is 218 g/mol. The van der Waals surface area contributed by atoms with Crippen LogP contribution in [-0.4, -0.2) is 19.6 Å². The molecule has 0 unspecified atom stereocenters. The van der Waals surface area contributed by atoms with Gasteiger partial charge in [-0.05, 0) is 50.9 Å². The van der Waals surface area contributed by atoms with Crippen molar-refractivity contribution in [2.24, 2.45) is 0 Å². The van der Waals surface area contributed by atoms with Crippen molar-refractivity contribution >= 4 is 5.69 Å². The SMILES string of the molecule is CNCc1ccc2c(c1)CCCN2C(C)C. The monoisotopic (exact) mass is 218 g/mol. The maximum atomic E-state index is 3.21. The number of hydrogen-bond donors (Lipinski definition) is 1. The molecule has 1 heterocycles. The zero-order valence-corrected chi connectivity index (χ0v) is 10.6. The van der Waals surface area contributed by atoms with Crippen molar-refractivity contribution < 1.29 is 0 Å². The number of nitrogens with one attached hydrogen (secondary N) is 1. The van der Waals surface area contributed by atoms with E-state index in [1.807, 2.05) is 7.05 Å². The summed E-state index contributed by atoms with van der Waals surface area (Å²) in [5.41, 5.74) is 4.36. The lowest BCUT2D eigenvalue weighted by atomic mass is 9.98. The molecule has 0 aromatic heterocycles. The third-order valence-corrected chi connectivity index (χ3v) is 3.30. The van der Waals surface area contributed by atoms with Crippen LogP contribution in [-0.2, 0) is 13.0 Å². The highest BCUT2D eigenvalue weighted by Gasteiger charge is 2.18. The van der Waals surface area contributed by atoms with E-state index in [4.69, 9.17) is 0 Å². The molecule has 1 aliphatic rings. The molecule has 2 nitrogen and oxygen atoms in total. The van der Waals surface area contributed by atoms with Gasteiger partial charge in [-0.1, -0.05) is 12.1 Å². The first kappa shape index (κ1) is 11.5. The lowest BCUT2D eigenvalue weighted by Crippen LogP contribution is -2.35. The number of rotatable bonds is 3. The fourth-order valence-corrected chi connectivity index (χ4v) is 2.53. The van der Waals surface area contributed by atoms with Crippen LogP contribution < -0.4 is 10.2 Å². The Kier molecular flexibility index (Phi) is 3.49. The van der Waals surface area contributed by atoms with Crippen LogP contribution in [0.1, 0.15) is 31.4 Å². The summed E-state index contributed by atoms with van der Waals surface area (Å²) in [6.07, 6.45) is 2.52. The van der Waals surface area contributed by atoms with Crippen molar-refractivity contribution in [3.8, 4) is 0 Å². The second kappa shape index (κ2) is 4.88. The number of nitrogens with zero attached hydrogens (tertiary/aromatic N) is 1. The molecule has 0 saturated carbocycles. The van der Waals surface area contributed by atoms with Gasteiger partial charge in [0.1, 0.15) is 0 Å². The fourth-order valence-electron chi connectivity index (χ4n) is 2.53. The summed E-state index contributed by atoms with van der Waals surface area (Å²) in [5.74, 6) is 0. The number of hydrogen-bond acceptors (Lipinski definition) is 2. The molecule has 1 aromatic rings. The summed E-state index contributed by atoms with van der Waals surface area (Å²) in [6.45, 7) is 6.72. The molecule has 2 rings (SSSR count). The Bertz CT molecular complexity index is 358. The minimum absolute atomic E-state index is 0.606. The van der Waals surface area contributed by atoms with Gasteiger partial charge in [0.2, 0.25) is 0 Å². The molecule has 88 valence electrons. The van der Waals surface area contributed by atoms with Crippen LogP contribution in [0.25, 0.3) is 0 Å². The van der Waals surface area contributed by atoms with E-state index in [9.17, 15) is 0 Å². The van der Waals surface area contributed by atoms with Crippen LogP contribution in [0.15, 0.2) is 18.2 Å². The van der Waals surface area contributed by atoms with Crippen LogP contribution in [0, 0.1) is 0 Å². The average Bonchev–Trinajstić information content (AvgIpc) is 2.28. The summed E-state index contributed by atoms with van der Waals surface area (Å²) >= 11 is 0. The second-order valence-corrected chi connectivity index (χ2v) is 4.88. The minimum atomic E-state index is 0.606. The van der Waals surface area contributed by atoms with E-state index in [0.29, 0.717) is 6.04 Å². The molecule has 0 bridgehead atoms. The molecular formula is C14H22N2. The Hall–Kier alpha value is -1.02. The molecule has 0 spiro atoms. The first-order valence-electron chi connectivity index (χ1n) is 6.25. The molecule has 0 atom stereocenters. The van der Waals surface area contributed by atoms with Crippen LogP contribution in [0.5, 0.6) is 0 Å². The number of aryl methyl sites for hydroxylation is 1. The quantitative estimate of drug-likeness (QED) is 0.839. The standard InChI is InChI=1S/C14H22N2/c1-11(2)16-8-4-5-13-9-12(10-15-3)6-7-14(13)16/h6-7,9,11,15H,4-5,8,10H2,1-3H3. The van der Waals surface area contributed by atoms with Gasteiger partial charge in [0.05, 0.1) is 0 Å². The van der Waals surface area contributed by atoms with Crippen molar-refractivity contribution in [3.63, 3.8) is 0 Å². The van der Waals surface area contributed by atoms with E-state index in [1.54, 1.807) is 0 Å². The Morgan fingerprint density at radius 2 is 2.19 bits per heavy atom. The van der Waals surface area contributed by atoms with Crippen LogP contribution in [0.2, 0.25) is 0 Å². The molecule has 0 aliphatic carbocycles. The highest BCUT2D eigenvalue weighted by atomic mass is 15.2. The lowest BCUT2D eigenvalue weighted by molar-refractivity contribution is 0.624. The molecule has 0 radical (unpaired) electrons. The normalized spacial score (nSPS) is 15.4. The highest BCUT2D eigenvalue weighted by Crippen LogP contribution is 2.29. The molecule has 16 heavy (non-hydrogen) atoms. The fraction of sp³-hybridized carbons (Fsp3) is 0.571. The Morgan fingerprint density at radius 3 is 2.88 bits per heavy atom. The summed E-state index contributed by atoms with van der Waals surface area (Å²) in [4.78, 5) is 2.52. The van der Waals surface area contributed by atoms with E-state index in [-0.39, 0.29) is 0 Å². The summed E-state index contributed by atoms with van der Waals surface area (Å²) in [6, 6.07) is 7.51. The minimum Gasteiger partial charge on any atom is -0.369 e. The Labute approximate surface area is 98.7 Å². The Balaban J connectivity index is 2.29. The molecule has 0 saturated heterocycles. The maximum Gasteiger partial charge on any atom is 0.0401 e. The third kappa shape index (κ3) is 2.22. The van der Waals surface area contributed by atoms with Crippen molar-refractivity contribution in [2.75, 3.05) is 18.5 Å². The number of anilines is 1. The summed E-state index contributed by atoms with van der Waals surface area (Å²) < 4.78 is 0. The third-order valence-electron chi connectivity index (χ3n) is 3.30. The van der Waals surface area contributed by atoms with Crippen LogP contribution in [0.4, 0.5) is 5.69 Å². The topological polar surface area (TPSA) is 15.3 Å². The van der Waals surface area contributed by atoms with Crippen molar-refractivity contribution in [3.05, 3.63) is 29.3 Å². The van der Waals surface area contributed by atoms with Crippen LogP contribution >= 0.6 is 0 Å². The molecule has 2 heteroatoms. The number of fused-ring (bicyclic) bond motifs is 1. The van der Waals surface area contributed by atoms with Gasteiger partial charge < -0.3 is 10.2 Å². The summed E-state index contributed by atoms with van der Waals surface area (Å²) in [5, 5.41) is 3.21. The van der Waals surface area contributed by atoms with Gasteiger partial charge >= 0.3 is 0 Å². The molecule has 0 fully saturated rings. The zero-order chi connectivity index (χ0) is 11.5. The smallest absolute Gasteiger partial charge is 0.0401 e. The Morgan fingerprint density at radius 1 is 1.38 bits per heavy atom. The molecule has 1 aliphatic heterocycles. The van der Waals surface area contributed by atoms with E-state index < -0.39 is 0 Å². The zero-order valence-electron chi connectivity index (χ0n) is 10.6. The van der Waals surface area contributed by atoms with Gasteiger partial charge in [0.15, 0.2) is 0 Å². The molecular weight excluding hydrogens is 196 g/mol. The van der Waals surface area contributed by atoms with Gasteiger partial charge in [-0.15, -0.1) is 0 Å². The van der Waals surface area contributed by atoms with Gasteiger partial charge in [-0.2, -0.15) is 0 Å². The van der Waals surface area contributed by atoms with Crippen molar-refractivity contribution in [1.82, 2.24) is 5.32 Å². The van der Waals surface area contributed by atoms with Crippen molar-refractivity contribution in [2.45, 2.75) is 39.3 Å². The lowest BCUT2D eigenvalue weighted by Gasteiger charge is -2.35. The van der Waals surface area contributed by atoms with Crippen LogP contribution in [0.3, 0.4) is 0 Å². The predicted molar refractivity (Wildman–Crippen MR) is 70.0 cm³/mol. The largest absolute Gasteiger partial charge is 0.369 e. The molecule has 1 aromatic carbocycles. The first-order valence-corrected chi connectivity index (χ1v) is 6.25. The molecule has 0 amide bonds. The molecule has 1 N–H and O–H groups in total. The van der Waals surface area contributed by atoms with E-state index >= 15 is 0 Å². The van der Waals surface area contributed by atoms with Crippen molar-refractivity contribution in [1.29, 1.82) is 0 Å². The van der Waals surface area contributed by atoms with E-state index in [0.717, 1.165) is 6.54 Å².